The summed E-state index contributed by atoms with van der Waals surface area (Å²) >= 11 is 0. The van der Waals surface area contributed by atoms with Gasteiger partial charge in [0.1, 0.15) is 13.2 Å². The van der Waals surface area contributed by atoms with Gasteiger partial charge in [0.25, 0.3) is 0 Å². The molecule has 2 aliphatic rings. The number of rotatable bonds is 4. The van der Waals surface area contributed by atoms with Crippen LogP contribution in [0, 0.1) is 0 Å². The van der Waals surface area contributed by atoms with Crippen molar-refractivity contribution in [3.63, 3.8) is 0 Å². The van der Waals surface area contributed by atoms with E-state index in [-0.39, 0.29) is 6.04 Å². The fourth-order valence-corrected chi connectivity index (χ4v) is 2.84. The molecule has 0 aliphatic carbocycles. The zero-order valence-electron chi connectivity index (χ0n) is 13.0. The molecule has 0 saturated carbocycles. The van der Waals surface area contributed by atoms with Crippen LogP contribution in [0.2, 0.25) is 0 Å². The van der Waals surface area contributed by atoms with Gasteiger partial charge in [0.05, 0.1) is 0 Å². The van der Waals surface area contributed by atoms with Crippen molar-refractivity contribution in [3.8, 4) is 23.0 Å². The Morgan fingerprint density at radius 3 is 2.78 bits per heavy atom. The molecule has 23 heavy (non-hydrogen) atoms. The molecule has 2 aromatic carbocycles. The Hall–Kier alpha value is -2.40. The van der Waals surface area contributed by atoms with E-state index in [2.05, 4.69) is 24.4 Å². The van der Waals surface area contributed by atoms with Crippen molar-refractivity contribution in [2.24, 2.45) is 0 Å². The highest BCUT2D eigenvalue weighted by atomic mass is 16.7. The molecule has 120 valence electrons. The molecule has 5 nitrogen and oxygen atoms in total. The minimum Gasteiger partial charge on any atom is -0.486 e. The summed E-state index contributed by atoms with van der Waals surface area (Å²) in [4.78, 5) is 0. The Balaban J connectivity index is 1.47. The first-order chi connectivity index (χ1) is 11.3. The molecule has 5 heteroatoms. The molecule has 0 radical (unpaired) electrons. The van der Waals surface area contributed by atoms with Crippen molar-refractivity contribution in [1.29, 1.82) is 0 Å². The topological polar surface area (TPSA) is 49.0 Å². The van der Waals surface area contributed by atoms with Crippen LogP contribution in [0.5, 0.6) is 23.0 Å². The van der Waals surface area contributed by atoms with Gasteiger partial charge < -0.3 is 24.3 Å². The number of benzene rings is 2. The van der Waals surface area contributed by atoms with Crippen LogP contribution in [0.25, 0.3) is 0 Å². The van der Waals surface area contributed by atoms with Crippen molar-refractivity contribution >= 4 is 0 Å². The predicted octanol–water partition coefficient (Wildman–Crippen LogP) is 3.04. The van der Waals surface area contributed by atoms with Crippen LogP contribution in [0.3, 0.4) is 0 Å². The number of ether oxygens (including phenoxy) is 4. The number of fused-ring (bicyclic) bond motifs is 2. The van der Waals surface area contributed by atoms with E-state index >= 15 is 0 Å². The third-order valence-corrected chi connectivity index (χ3v) is 4.14. The van der Waals surface area contributed by atoms with Gasteiger partial charge in [-0.3, -0.25) is 0 Å². The molecule has 0 aromatic heterocycles. The summed E-state index contributed by atoms with van der Waals surface area (Å²) < 4.78 is 22.2. The lowest BCUT2D eigenvalue weighted by atomic mass is 10.1. The fourth-order valence-electron chi connectivity index (χ4n) is 2.84. The van der Waals surface area contributed by atoms with Gasteiger partial charge in [-0.05, 0) is 30.7 Å². The zero-order chi connectivity index (χ0) is 15.6. The Morgan fingerprint density at radius 1 is 0.957 bits per heavy atom. The Bertz CT molecular complexity index is 716. The van der Waals surface area contributed by atoms with Crippen LogP contribution in [0.15, 0.2) is 36.4 Å². The highest BCUT2D eigenvalue weighted by molar-refractivity contribution is 5.48. The van der Waals surface area contributed by atoms with Gasteiger partial charge in [0.2, 0.25) is 6.79 Å². The molecule has 2 heterocycles. The standard InChI is InChI=1S/C18H19NO4/c1-12(13-5-6-15-17(9-13)23-11-22-15)19-10-14-3-2-4-16-18(14)21-8-7-20-16/h2-6,9,12,19H,7-8,10-11H2,1H3/t12-/m1/s1. The molecule has 0 saturated heterocycles. The summed E-state index contributed by atoms with van der Waals surface area (Å²) in [5.41, 5.74) is 2.27. The van der Waals surface area contributed by atoms with Crippen LogP contribution in [0.1, 0.15) is 24.1 Å². The normalized spacial score (nSPS) is 16.2. The summed E-state index contributed by atoms with van der Waals surface area (Å²) in [6, 6.07) is 12.2. The van der Waals surface area contributed by atoms with Crippen LogP contribution >= 0.6 is 0 Å². The van der Waals surface area contributed by atoms with E-state index in [0.29, 0.717) is 26.6 Å². The molecule has 2 aromatic rings. The van der Waals surface area contributed by atoms with E-state index in [1.807, 2.05) is 24.3 Å². The molecule has 0 amide bonds. The summed E-state index contributed by atoms with van der Waals surface area (Å²) in [5, 5.41) is 3.52. The van der Waals surface area contributed by atoms with Gasteiger partial charge in [-0.2, -0.15) is 0 Å². The molecular formula is C18H19NO4. The minimum absolute atomic E-state index is 0.185. The zero-order valence-corrected chi connectivity index (χ0v) is 13.0. The number of hydrogen-bond acceptors (Lipinski definition) is 5. The first-order valence-corrected chi connectivity index (χ1v) is 7.82. The maximum absolute atomic E-state index is 5.75. The smallest absolute Gasteiger partial charge is 0.231 e. The SMILES string of the molecule is C[C@@H](NCc1cccc2c1OCCO2)c1ccc2c(c1)OCO2. The molecule has 4 rings (SSSR count). The second kappa shape index (κ2) is 6.01. The highest BCUT2D eigenvalue weighted by Crippen LogP contribution is 2.35. The average molecular weight is 313 g/mol. The van der Waals surface area contributed by atoms with Gasteiger partial charge in [0.15, 0.2) is 23.0 Å². The van der Waals surface area contributed by atoms with Gasteiger partial charge in [-0.25, -0.2) is 0 Å². The van der Waals surface area contributed by atoms with Crippen LogP contribution < -0.4 is 24.3 Å². The number of nitrogens with one attached hydrogen (secondary N) is 1. The lowest BCUT2D eigenvalue weighted by Gasteiger charge is -2.22. The predicted molar refractivity (Wildman–Crippen MR) is 85.3 cm³/mol. The first-order valence-electron chi connectivity index (χ1n) is 7.82. The molecule has 0 fully saturated rings. The summed E-state index contributed by atoms with van der Waals surface area (Å²) in [6.07, 6.45) is 0. The molecule has 1 N–H and O–H groups in total. The van der Waals surface area contributed by atoms with Crippen molar-refractivity contribution in [2.75, 3.05) is 20.0 Å². The van der Waals surface area contributed by atoms with Crippen molar-refractivity contribution in [1.82, 2.24) is 5.32 Å². The highest BCUT2D eigenvalue weighted by Gasteiger charge is 2.18. The number of hydrogen-bond donors (Lipinski definition) is 1. The van der Waals surface area contributed by atoms with Crippen molar-refractivity contribution < 1.29 is 18.9 Å². The van der Waals surface area contributed by atoms with Crippen LogP contribution in [-0.2, 0) is 6.54 Å². The van der Waals surface area contributed by atoms with Gasteiger partial charge in [0, 0.05) is 18.2 Å². The molecule has 0 bridgehead atoms. The summed E-state index contributed by atoms with van der Waals surface area (Å²) in [7, 11) is 0. The third kappa shape index (κ3) is 2.80. The molecule has 1 atom stereocenters. The third-order valence-electron chi connectivity index (χ3n) is 4.14. The van der Waals surface area contributed by atoms with Gasteiger partial charge in [-0.15, -0.1) is 0 Å². The second-order valence-corrected chi connectivity index (χ2v) is 5.66. The number of para-hydroxylation sites is 1. The molecular weight excluding hydrogens is 294 g/mol. The maximum Gasteiger partial charge on any atom is 0.231 e. The lowest BCUT2D eigenvalue weighted by molar-refractivity contribution is 0.169. The Labute approximate surface area is 135 Å². The summed E-state index contributed by atoms with van der Waals surface area (Å²) in [5.74, 6) is 3.30. The Morgan fingerprint density at radius 2 is 1.83 bits per heavy atom. The molecule has 0 unspecified atom stereocenters. The van der Waals surface area contributed by atoms with E-state index in [1.165, 1.54) is 0 Å². The average Bonchev–Trinajstić information content (AvgIpc) is 3.07. The van der Waals surface area contributed by atoms with E-state index in [9.17, 15) is 0 Å². The second-order valence-electron chi connectivity index (χ2n) is 5.66. The van der Waals surface area contributed by atoms with E-state index in [1.54, 1.807) is 0 Å². The first kappa shape index (κ1) is 14.2. The lowest BCUT2D eigenvalue weighted by Crippen LogP contribution is -2.21. The largest absolute Gasteiger partial charge is 0.486 e. The Kier molecular flexibility index (Phi) is 3.71. The summed E-state index contributed by atoms with van der Waals surface area (Å²) in [6.45, 7) is 4.35. The van der Waals surface area contributed by atoms with Crippen molar-refractivity contribution in [3.05, 3.63) is 47.5 Å². The van der Waals surface area contributed by atoms with Gasteiger partial charge in [-0.1, -0.05) is 18.2 Å². The van der Waals surface area contributed by atoms with E-state index < -0.39 is 0 Å². The van der Waals surface area contributed by atoms with Gasteiger partial charge >= 0.3 is 0 Å². The quantitative estimate of drug-likeness (QED) is 0.940. The van der Waals surface area contributed by atoms with Crippen LogP contribution in [-0.4, -0.2) is 20.0 Å². The van der Waals surface area contributed by atoms with Crippen LogP contribution in [0.4, 0.5) is 0 Å². The molecule has 0 spiro atoms. The fraction of sp³-hybridized carbons (Fsp3) is 0.333. The van der Waals surface area contributed by atoms with Crippen molar-refractivity contribution in [2.45, 2.75) is 19.5 Å². The monoisotopic (exact) mass is 313 g/mol. The molecule has 2 aliphatic heterocycles. The maximum atomic E-state index is 5.75. The van der Waals surface area contributed by atoms with E-state index in [0.717, 1.165) is 34.1 Å². The minimum atomic E-state index is 0.185. The van der Waals surface area contributed by atoms with E-state index in [4.69, 9.17) is 18.9 Å².